The van der Waals surface area contributed by atoms with Crippen LogP contribution in [0.15, 0.2) is 12.7 Å². The molecule has 0 aromatic rings. The first-order chi connectivity index (χ1) is 6.31. The lowest BCUT2D eigenvalue weighted by molar-refractivity contribution is 0.158. The molecule has 0 radical (unpaired) electrons. The maximum atomic E-state index is 10.8. The van der Waals surface area contributed by atoms with Crippen LogP contribution in [0.1, 0.15) is 19.3 Å². The molecule has 0 saturated heterocycles. The summed E-state index contributed by atoms with van der Waals surface area (Å²) in [6.07, 6.45) is 4.14. The van der Waals surface area contributed by atoms with Crippen molar-refractivity contribution in [2.45, 2.75) is 19.3 Å². The van der Waals surface area contributed by atoms with E-state index in [9.17, 15) is 4.79 Å². The number of nitrogens with one attached hydrogen (secondary N) is 1. The van der Waals surface area contributed by atoms with Gasteiger partial charge in [0.1, 0.15) is 6.61 Å². The normalized spacial score (nSPS) is 8.64. The SMILES string of the molecule is C=CCOC(=O)NCCCCCN.Cl. The van der Waals surface area contributed by atoms with Crippen LogP contribution in [0, 0.1) is 0 Å². The predicted molar refractivity (Wildman–Crippen MR) is 59.7 cm³/mol. The quantitative estimate of drug-likeness (QED) is 0.506. The van der Waals surface area contributed by atoms with Crippen LogP contribution >= 0.6 is 12.4 Å². The Labute approximate surface area is 91.3 Å². The van der Waals surface area contributed by atoms with E-state index >= 15 is 0 Å². The van der Waals surface area contributed by atoms with E-state index in [2.05, 4.69) is 11.9 Å². The minimum atomic E-state index is -0.382. The van der Waals surface area contributed by atoms with Gasteiger partial charge in [0.15, 0.2) is 0 Å². The molecule has 0 unspecified atom stereocenters. The van der Waals surface area contributed by atoms with E-state index in [0.29, 0.717) is 13.1 Å². The van der Waals surface area contributed by atoms with Crippen LogP contribution in [0.2, 0.25) is 0 Å². The average molecular weight is 223 g/mol. The summed E-state index contributed by atoms with van der Waals surface area (Å²) in [6.45, 7) is 5.05. The molecule has 5 heteroatoms. The topological polar surface area (TPSA) is 64.3 Å². The summed E-state index contributed by atoms with van der Waals surface area (Å²) >= 11 is 0. The fourth-order valence-corrected chi connectivity index (χ4v) is 0.822. The van der Waals surface area contributed by atoms with E-state index in [0.717, 1.165) is 19.3 Å². The Hall–Kier alpha value is -0.740. The third-order valence-electron chi connectivity index (χ3n) is 1.48. The highest BCUT2D eigenvalue weighted by atomic mass is 35.5. The van der Waals surface area contributed by atoms with Crippen LogP contribution in [-0.2, 0) is 4.74 Å². The molecule has 0 aliphatic carbocycles. The molecule has 0 bridgehead atoms. The van der Waals surface area contributed by atoms with Gasteiger partial charge in [0.05, 0.1) is 0 Å². The zero-order valence-electron chi connectivity index (χ0n) is 8.33. The van der Waals surface area contributed by atoms with Crippen molar-refractivity contribution in [3.63, 3.8) is 0 Å². The molecule has 14 heavy (non-hydrogen) atoms. The van der Waals surface area contributed by atoms with Crippen molar-refractivity contribution in [1.29, 1.82) is 0 Å². The van der Waals surface area contributed by atoms with Crippen molar-refractivity contribution < 1.29 is 9.53 Å². The van der Waals surface area contributed by atoms with Crippen molar-refractivity contribution in [2.24, 2.45) is 5.73 Å². The molecule has 3 N–H and O–H groups in total. The van der Waals surface area contributed by atoms with Crippen LogP contribution in [0.4, 0.5) is 4.79 Å². The summed E-state index contributed by atoms with van der Waals surface area (Å²) in [5.74, 6) is 0. The second-order valence-corrected chi connectivity index (χ2v) is 2.66. The number of hydrogen-bond acceptors (Lipinski definition) is 3. The van der Waals surface area contributed by atoms with Crippen molar-refractivity contribution in [3.8, 4) is 0 Å². The number of alkyl carbamates (subject to hydrolysis) is 1. The molecule has 0 fully saturated rings. The number of carbonyl (C=O) groups excluding carboxylic acids is 1. The highest BCUT2D eigenvalue weighted by Gasteiger charge is 1.97. The summed E-state index contributed by atoms with van der Waals surface area (Å²) in [6, 6.07) is 0. The first kappa shape index (κ1) is 15.7. The molecular formula is C9H19ClN2O2. The number of rotatable bonds is 7. The van der Waals surface area contributed by atoms with Gasteiger partial charge in [0.2, 0.25) is 0 Å². The highest BCUT2D eigenvalue weighted by molar-refractivity contribution is 5.85. The second-order valence-electron chi connectivity index (χ2n) is 2.66. The van der Waals surface area contributed by atoms with Gasteiger partial charge < -0.3 is 15.8 Å². The Bertz CT molecular complexity index is 154. The molecule has 0 aromatic carbocycles. The molecule has 0 aliphatic heterocycles. The Balaban J connectivity index is 0. The van der Waals surface area contributed by atoms with Gasteiger partial charge in [-0.3, -0.25) is 0 Å². The minimum absolute atomic E-state index is 0. The van der Waals surface area contributed by atoms with Crippen molar-refractivity contribution in [2.75, 3.05) is 19.7 Å². The lowest BCUT2D eigenvalue weighted by atomic mass is 10.2. The Morgan fingerprint density at radius 1 is 1.43 bits per heavy atom. The molecule has 84 valence electrons. The predicted octanol–water partition coefficient (Wildman–Crippen LogP) is 1.45. The Kier molecular flexibility index (Phi) is 13.8. The van der Waals surface area contributed by atoms with Gasteiger partial charge in [-0.25, -0.2) is 4.79 Å². The number of hydrogen-bond donors (Lipinski definition) is 2. The summed E-state index contributed by atoms with van der Waals surface area (Å²) in [5, 5.41) is 2.63. The zero-order valence-corrected chi connectivity index (χ0v) is 9.15. The van der Waals surface area contributed by atoms with Gasteiger partial charge in [-0.05, 0) is 19.4 Å². The lowest BCUT2D eigenvalue weighted by Gasteiger charge is -2.04. The Morgan fingerprint density at radius 3 is 2.71 bits per heavy atom. The fourth-order valence-electron chi connectivity index (χ4n) is 0.822. The third-order valence-corrected chi connectivity index (χ3v) is 1.48. The number of halogens is 1. The van der Waals surface area contributed by atoms with E-state index in [1.807, 2.05) is 0 Å². The van der Waals surface area contributed by atoms with Gasteiger partial charge >= 0.3 is 6.09 Å². The molecule has 0 saturated carbocycles. The standard InChI is InChI=1S/C9H18N2O2.ClH/c1-2-8-13-9(12)11-7-5-3-4-6-10;/h2H,1,3-8,10H2,(H,11,12);1H. The summed E-state index contributed by atoms with van der Waals surface area (Å²) in [5.41, 5.74) is 5.31. The van der Waals surface area contributed by atoms with Crippen LogP contribution in [0.5, 0.6) is 0 Å². The number of nitrogens with two attached hydrogens (primary N) is 1. The molecular weight excluding hydrogens is 204 g/mol. The molecule has 1 amide bonds. The monoisotopic (exact) mass is 222 g/mol. The number of amides is 1. The van der Waals surface area contributed by atoms with Gasteiger partial charge in [-0.15, -0.1) is 12.4 Å². The van der Waals surface area contributed by atoms with Crippen molar-refractivity contribution in [1.82, 2.24) is 5.32 Å². The van der Waals surface area contributed by atoms with E-state index in [4.69, 9.17) is 10.5 Å². The highest BCUT2D eigenvalue weighted by Crippen LogP contribution is 1.91. The molecule has 0 atom stereocenters. The minimum Gasteiger partial charge on any atom is -0.445 e. The average Bonchev–Trinajstić information content (AvgIpc) is 2.14. The summed E-state index contributed by atoms with van der Waals surface area (Å²) in [4.78, 5) is 10.8. The van der Waals surface area contributed by atoms with E-state index in [1.165, 1.54) is 6.08 Å². The van der Waals surface area contributed by atoms with E-state index in [-0.39, 0.29) is 25.1 Å². The molecule has 0 rings (SSSR count). The van der Waals surface area contributed by atoms with Crippen LogP contribution in [0.25, 0.3) is 0 Å². The van der Waals surface area contributed by atoms with Gasteiger partial charge in [-0.2, -0.15) is 0 Å². The lowest BCUT2D eigenvalue weighted by Crippen LogP contribution is -2.25. The summed E-state index contributed by atoms with van der Waals surface area (Å²) in [7, 11) is 0. The largest absolute Gasteiger partial charge is 0.445 e. The number of carbonyl (C=O) groups is 1. The molecule has 4 nitrogen and oxygen atoms in total. The van der Waals surface area contributed by atoms with Crippen molar-refractivity contribution in [3.05, 3.63) is 12.7 Å². The van der Waals surface area contributed by atoms with E-state index < -0.39 is 0 Å². The van der Waals surface area contributed by atoms with Crippen LogP contribution in [0.3, 0.4) is 0 Å². The Morgan fingerprint density at radius 2 is 2.14 bits per heavy atom. The smallest absolute Gasteiger partial charge is 0.407 e. The molecule has 0 heterocycles. The third kappa shape index (κ3) is 11.3. The number of ether oxygens (including phenoxy) is 1. The van der Waals surface area contributed by atoms with Crippen molar-refractivity contribution >= 4 is 18.5 Å². The van der Waals surface area contributed by atoms with Crippen LogP contribution < -0.4 is 11.1 Å². The molecule has 0 aromatic heterocycles. The zero-order chi connectivity index (χ0) is 9.94. The fraction of sp³-hybridized carbons (Fsp3) is 0.667. The first-order valence-electron chi connectivity index (χ1n) is 4.53. The van der Waals surface area contributed by atoms with Gasteiger partial charge in [-0.1, -0.05) is 19.1 Å². The van der Waals surface area contributed by atoms with Gasteiger partial charge in [0, 0.05) is 6.54 Å². The molecule has 0 spiro atoms. The van der Waals surface area contributed by atoms with Gasteiger partial charge in [0.25, 0.3) is 0 Å². The number of unbranched alkanes of at least 4 members (excludes halogenated alkanes) is 2. The summed E-state index contributed by atoms with van der Waals surface area (Å²) < 4.78 is 4.70. The first-order valence-corrected chi connectivity index (χ1v) is 4.53. The second kappa shape index (κ2) is 12.3. The van der Waals surface area contributed by atoms with E-state index in [1.54, 1.807) is 0 Å². The van der Waals surface area contributed by atoms with Crippen LogP contribution in [-0.4, -0.2) is 25.8 Å². The maximum Gasteiger partial charge on any atom is 0.407 e. The molecule has 0 aliphatic rings. The maximum absolute atomic E-state index is 10.8.